The Balaban J connectivity index is 1.67. The lowest BCUT2D eigenvalue weighted by molar-refractivity contribution is -0.385. The van der Waals surface area contributed by atoms with Gasteiger partial charge in [-0.3, -0.25) is 43.9 Å². The SMILES string of the molecule is NC(=O)C(N=C(N)N)NC(=O)C(N=C(N)N)NC(=O)C(N=C(N)N)NC(=O)C(N=C(N)N)NC(=O)C(NC(=O)C(O)N(Cc1ccc(O)c([N+](=O)[O-])c1)c1ccc2ncccc2c1N)c1ccccc1. The molecule has 0 aliphatic heterocycles. The number of amides is 6. The second-order valence-electron chi connectivity index (χ2n) is 14.3. The molecule has 0 saturated carbocycles. The Morgan fingerprint density at radius 3 is 1.64 bits per heavy atom. The van der Waals surface area contributed by atoms with E-state index in [2.05, 4.69) is 40.9 Å². The number of aromatic nitrogens is 1. The third kappa shape index (κ3) is 14.1. The highest BCUT2D eigenvalue weighted by atomic mass is 16.6. The van der Waals surface area contributed by atoms with Crippen LogP contribution in [0, 0.1) is 10.1 Å². The van der Waals surface area contributed by atoms with Gasteiger partial charge < -0.3 is 99.0 Å². The number of anilines is 2. The molecule has 6 amide bonds. The van der Waals surface area contributed by atoms with E-state index in [0.29, 0.717) is 10.9 Å². The number of nitro benzene ring substituents is 1. The molecule has 0 fully saturated rings. The number of fused-ring (bicyclic) bond motifs is 1. The smallest absolute Gasteiger partial charge is 0.311 e. The lowest BCUT2D eigenvalue weighted by Gasteiger charge is -2.32. The first-order valence-corrected chi connectivity index (χ1v) is 19.7. The number of pyridine rings is 1. The molecule has 32 nitrogen and oxygen atoms in total. The molecule has 0 saturated heterocycles. The van der Waals surface area contributed by atoms with Crippen LogP contribution in [-0.2, 0) is 35.3 Å². The van der Waals surface area contributed by atoms with E-state index in [0.717, 1.165) is 17.0 Å². The van der Waals surface area contributed by atoms with Crippen LogP contribution < -0.4 is 88.8 Å². The molecule has 3 aromatic carbocycles. The summed E-state index contributed by atoms with van der Waals surface area (Å²) >= 11 is 0. The summed E-state index contributed by atoms with van der Waals surface area (Å²) in [5.41, 5.74) is 55.3. The summed E-state index contributed by atoms with van der Waals surface area (Å²) in [4.78, 5) is 111. The molecule has 70 heavy (non-hydrogen) atoms. The van der Waals surface area contributed by atoms with Gasteiger partial charge in [0, 0.05) is 24.2 Å². The number of hydrogen-bond acceptors (Lipinski definition) is 17. The van der Waals surface area contributed by atoms with Gasteiger partial charge in [-0.15, -0.1) is 0 Å². The average molecular weight is 973 g/mol. The highest BCUT2D eigenvalue weighted by Gasteiger charge is 2.35. The zero-order chi connectivity index (χ0) is 52.0. The van der Waals surface area contributed by atoms with E-state index >= 15 is 0 Å². The van der Waals surface area contributed by atoms with Gasteiger partial charge in [0.05, 0.1) is 21.8 Å². The minimum atomic E-state index is -2.24. The number of hydrogen-bond donors (Lipinski definition) is 17. The van der Waals surface area contributed by atoms with E-state index in [9.17, 15) is 49.1 Å². The van der Waals surface area contributed by atoms with Crippen molar-refractivity contribution in [2.24, 2.45) is 71.6 Å². The van der Waals surface area contributed by atoms with Crippen molar-refractivity contribution in [2.45, 2.75) is 43.5 Å². The Kier molecular flexibility index (Phi) is 17.4. The van der Waals surface area contributed by atoms with Crippen molar-refractivity contribution in [1.82, 2.24) is 31.6 Å². The number of benzene rings is 3. The normalized spacial score (nSPS) is 13.2. The third-order valence-corrected chi connectivity index (χ3v) is 9.16. The van der Waals surface area contributed by atoms with E-state index in [4.69, 9.17) is 57.3 Å². The fraction of sp³-hybridized carbons (Fsp3) is 0.184. The molecule has 1 aromatic heterocycles. The van der Waals surface area contributed by atoms with Crippen molar-refractivity contribution in [1.29, 1.82) is 0 Å². The molecule has 6 atom stereocenters. The highest BCUT2D eigenvalue weighted by Crippen LogP contribution is 2.34. The van der Waals surface area contributed by atoms with Gasteiger partial charge in [-0.2, -0.15) is 0 Å². The topological polar surface area (TPSA) is 572 Å². The number of primary amides is 1. The number of guanidine groups is 4. The van der Waals surface area contributed by atoms with Gasteiger partial charge in [-0.05, 0) is 41.5 Å². The molecule has 0 aliphatic rings. The van der Waals surface area contributed by atoms with Crippen LogP contribution in [0.15, 0.2) is 99.0 Å². The van der Waals surface area contributed by atoms with Gasteiger partial charge in [0.15, 0.2) is 29.6 Å². The lowest BCUT2D eigenvalue weighted by Crippen LogP contribution is -2.58. The number of aromatic hydroxyl groups is 1. The molecule has 27 N–H and O–H groups in total. The number of aliphatic hydroxyl groups is 1. The summed E-state index contributed by atoms with van der Waals surface area (Å²) < 4.78 is 0. The number of nitro groups is 1. The maximum atomic E-state index is 14.2. The summed E-state index contributed by atoms with van der Waals surface area (Å²) in [5, 5.41) is 44.7. The molecule has 6 unspecified atom stereocenters. The summed E-state index contributed by atoms with van der Waals surface area (Å²) in [6.07, 6.45) is -9.09. The van der Waals surface area contributed by atoms with Crippen LogP contribution in [0.25, 0.3) is 10.9 Å². The molecule has 370 valence electrons. The molecule has 0 bridgehead atoms. The van der Waals surface area contributed by atoms with Crippen molar-refractivity contribution in [3.05, 3.63) is 100 Å². The molecule has 0 aliphatic carbocycles. The molecule has 0 radical (unpaired) electrons. The van der Waals surface area contributed by atoms with Crippen molar-refractivity contribution >= 4 is 87.2 Å². The fourth-order valence-electron chi connectivity index (χ4n) is 6.12. The number of nitrogens with one attached hydrogen (secondary N) is 5. The maximum absolute atomic E-state index is 14.2. The zero-order valence-corrected chi connectivity index (χ0v) is 36.2. The largest absolute Gasteiger partial charge is 0.502 e. The number of phenolic OH excluding ortho intramolecular Hbond substituents is 1. The third-order valence-electron chi connectivity index (χ3n) is 9.16. The number of carbonyl (C=O) groups excluding carboxylic acids is 6. The molecule has 32 heteroatoms. The molecular weight excluding hydrogens is 925 g/mol. The van der Waals surface area contributed by atoms with Gasteiger partial charge in [0.25, 0.3) is 29.5 Å². The number of aliphatic hydroxyl groups excluding tert-OH is 1. The summed E-state index contributed by atoms with van der Waals surface area (Å²) in [6, 6.07) is 15.0. The van der Waals surface area contributed by atoms with E-state index in [1.165, 1.54) is 48.7 Å². The Labute approximate surface area is 393 Å². The number of carbonyl (C=O) groups is 6. The Bertz CT molecular complexity index is 2760. The predicted molar refractivity (Wildman–Crippen MR) is 251 cm³/mol. The van der Waals surface area contributed by atoms with Crippen LogP contribution in [0.1, 0.15) is 17.2 Å². The predicted octanol–water partition coefficient (Wildman–Crippen LogP) is -7.04. The van der Waals surface area contributed by atoms with Gasteiger partial charge in [-0.25, -0.2) is 20.0 Å². The van der Waals surface area contributed by atoms with Crippen LogP contribution in [0.5, 0.6) is 5.75 Å². The second-order valence-corrected chi connectivity index (χ2v) is 14.3. The molecule has 1 heterocycles. The first kappa shape index (κ1) is 52.4. The number of aliphatic imine (C=N–C) groups is 4. The maximum Gasteiger partial charge on any atom is 0.311 e. The number of rotatable bonds is 21. The van der Waals surface area contributed by atoms with Gasteiger partial charge in [0.2, 0.25) is 36.8 Å². The summed E-state index contributed by atoms with van der Waals surface area (Å²) in [6.45, 7) is -0.450. The zero-order valence-electron chi connectivity index (χ0n) is 36.2. The summed E-state index contributed by atoms with van der Waals surface area (Å²) in [7, 11) is 0. The van der Waals surface area contributed by atoms with Crippen molar-refractivity contribution in [2.75, 3.05) is 10.6 Å². The van der Waals surface area contributed by atoms with Gasteiger partial charge in [-0.1, -0.05) is 36.4 Å². The Morgan fingerprint density at radius 2 is 1.14 bits per heavy atom. The first-order chi connectivity index (χ1) is 33.0. The van der Waals surface area contributed by atoms with Gasteiger partial charge in [0.1, 0.15) is 6.04 Å². The number of phenols is 1. The van der Waals surface area contributed by atoms with Crippen molar-refractivity contribution in [3.8, 4) is 5.75 Å². The fourth-order valence-corrected chi connectivity index (χ4v) is 6.12. The first-order valence-electron chi connectivity index (χ1n) is 19.7. The van der Waals surface area contributed by atoms with E-state index < -0.39 is 119 Å². The molecular formula is C38H48N22O10. The minimum Gasteiger partial charge on any atom is -0.502 e. The lowest BCUT2D eigenvalue weighted by atomic mass is 10.1. The van der Waals surface area contributed by atoms with E-state index in [1.54, 1.807) is 18.2 Å². The van der Waals surface area contributed by atoms with Crippen LogP contribution in [-0.4, -0.2) is 110 Å². The van der Waals surface area contributed by atoms with Crippen LogP contribution in [0.2, 0.25) is 0 Å². The number of nitrogens with zero attached hydrogens (tertiary/aromatic N) is 7. The van der Waals surface area contributed by atoms with Crippen LogP contribution in [0.3, 0.4) is 0 Å². The van der Waals surface area contributed by atoms with E-state index in [-0.39, 0.29) is 22.5 Å². The molecule has 0 spiro atoms. The van der Waals surface area contributed by atoms with Gasteiger partial charge >= 0.3 is 5.69 Å². The standard InChI is InChI=1S/C38H48N22O10/c39-22-17-7-4-12-49-18(17)9-10-19(22)59(14-15-8-11-21(61)20(13-15)60(69)70)34(68)33(67)50-23(16-5-2-1-3-6-16)29(63)52-26(56-36(43)44)31(65)54-28(58-38(47)48)32(66)53-27(57-37(45)46)30(64)51-25(24(40)62)55-35(41)42/h1-13,23,25-28,34,61,68H,14,39H2,(H2,40,62)(H,50,67)(H,51,64)(H,52,63)(H,53,66)(H,54,65)(H4,41,42,55)(H4,43,44,56)(H4,45,46,57)(H4,47,48,58). The van der Waals surface area contributed by atoms with Crippen LogP contribution >= 0.6 is 0 Å². The Hall–Kier alpha value is -10.3. The number of nitrogen functional groups attached to an aromatic ring is 1. The highest BCUT2D eigenvalue weighted by molar-refractivity contribution is 6.01. The average Bonchev–Trinajstić information content (AvgIpc) is 3.29. The molecule has 4 rings (SSSR count). The van der Waals surface area contributed by atoms with Crippen LogP contribution in [0.4, 0.5) is 17.1 Å². The quantitative estimate of drug-likeness (QED) is 0.00921. The monoisotopic (exact) mass is 972 g/mol. The summed E-state index contributed by atoms with van der Waals surface area (Å²) in [5.74, 6) is -11.6. The van der Waals surface area contributed by atoms with E-state index in [1.807, 2.05) is 10.6 Å². The minimum absolute atomic E-state index is 0.0245. The Morgan fingerprint density at radius 1 is 0.643 bits per heavy atom. The second kappa shape index (κ2) is 23.3. The van der Waals surface area contributed by atoms with Crippen molar-refractivity contribution < 1.29 is 43.9 Å². The number of nitrogens with two attached hydrogens (primary N) is 10. The molecule has 4 aromatic rings. The van der Waals surface area contributed by atoms with Crippen molar-refractivity contribution in [3.63, 3.8) is 0 Å².